The van der Waals surface area contributed by atoms with Crippen LogP contribution in [0.25, 0.3) is 0 Å². The van der Waals surface area contributed by atoms with Crippen LogP contribution in [0.5, 0.6) is 17.2 Å². The highest BCUT2D eigenvalue weighted by Crippen LogP contribution is 2.71. The second-order valence-corrected chi connectivity index (χ2v) is 13.0. The summed E-state index contributed by atoms with van der Waals surface area (Å²) >= 11 is 0. The van der Waals surface area contributed by atoms with Crippen molar-refractivity contribution in [3.05, 3.63) is 40.5 Å². The number of aromatic hydroxyl groups is 2. The second-order valence-electron chi connectivity index (χ2n) is 13.0. The van der Waals surface area contributed by atoms with Crippen LogP contribution in [0, 0.1) is 29.1 Å². The summed E-state index contributed by atoms with van der Waals surface area (Å²) in [5.74, 6) is -1.61. The van der Waals surface area contributed by atoms with Crippen molar-refractivity contribution in [2.75, 3.05) is 26.2 Å². The lowest BCUT2D eigenvalue weighted by molar-refractivity contribution is -0.116. The van der Waals surface area contributed by atoms with E-state index in [-0.39, 0.29) is 46.4 Å². The average Bonchev–Trinajstić information content (AvgIpc) is 3.51. The lowest BCUT2D eigenvalue weighted by Gasteiger charge is -2.53. The Kier molecular flexibility index (Phi) is 6.67. The summed E-state index contributed by atoms with van der Waals surface area (Å²) in [6.45, 7) is 11.0. The fourth-order valence-corrected chi connectivity index (χ4v) is 8.20. The SMILES string of the molecule is CC(C)=CCc1c(O)cc(O)c2c1OC1(C(=N)C2=O)C2COC1(CC=C(C)C)C1C(O)C1C2CN1CCCCC1. The van der Waals surface area contributed by atoms with Crippen molar-refractivity contribution in [1.29, 1.82) is 5.41 Å². The number of rotatable bonds is 6. The highest BCUT2D eigenvalue weighted by molar-refractivity contribution is 6.50. The summed E-state index contributed by atoms with van der Waals surface area (Å²) < 4.78 is 13.7. The Morgan fingerprint density at radius 2 is 1.80 bits per heavy atom. The molecule has 8 heteroatoms. The van der Waals surface area contributed by atoms with Gasteiger partial charge in [-0.25, -0.2) is 0 Å². The summed E-state index contributed by atoms with van der Waals surface area (Å²) in [5, 5.41) is 42.6. The zero-order valence-corrected chi connectivity index (χ0v) is 24.0. The molecule has 3 heterocycles. The number of carbonyl (C=O) groups is 1. The summed E-state index contributed by atoms with van der Waals surface area (Å²) in [6.07, 6.45) is 7.62. The molecule has 7 atom stereocenters. The molecule has 2 aliphatic carbocycles. The maximum Gasteiger partial charge on any atom is 0.218 e. The highest BCUT2D eigenvalue weighted by Gasteiger charge is 2.84. The first-order valence-corrected chi connectivity index (χ1v) is 14.7. The van der Waals surface area contributed by atoms with Crippen LogP contribution in [0.1, 0.15) is 69.3 Å². The molecule has 2 bridgehead atoms. The van der Waals surface area contributed by atoms with Crippen LogP contribution in [0.15, 0.2) is 29.4 Å². The number of aliphatic hydroxyl groups excluding tert-OH is 1. The molecule has 6 rings (SSSR count). The number of fused-ring (bicyclic) bond motifs is 3. The Bertz CT molecular complexity index is 1300. The third-order valence-corrected chi connectivity index (χ3v) is 10.1. The van der Waals surface area contributed by atoms with Crippen LogP contribution in [-0.4, -0.2) is 75.3 Å². The van der Waals surface area contributed by atoms with E-state index < -0.39 is 28.8 Å². The fraction of sp³-hybridized carbons (Fsp3) is 0.625. The minimum absolute atomic E-state index is 0.0118. The van der Waals surface area contributed by atoms with E-state index in [9.17, 15) is 25.5 Å². The summed E-state index contributed by atoms with van der Waals surface area (Å²) in [7, 11) is 0. The Hall–Kier alpha value is -2.68. The van der Waals surface area contributed by atoms with E-state index in [0.717, 1.165) is 43.6 Å². The number of hydrogen-bond acceptors (Lipinski definition) is 8. The summed E-state index contributed by atoms with van der Waals surface area (Å²) in [4.78, 5) is 16.6. The first kappa shape index (κ1) is 27.5. The largest absolute Gasteiger partial charge is 0.507 e. The van der Waals surface area contributed by atoms with Crippen molar-refractivity contribution >= 4 is 11.5 Å². The maximum absolute atomic E-state index is 14.1. The van der Waals surface area contributed by atoms with Gasteiger partial charge in [0, 0.05) is 30.0 Å². The van der Waals surface area contributed by atoms with Gasteiger partial charge in [0.15, 0.2) is 5.60 Å². The molecule has 2 saturated carbocycles. The van der Waals surface area contributed by atoms with Crippen LogP contribution in [-0.2, 0) is 11.2 Å². The van der Waals surface area contributed by atoms with Crippen molar-refractivity contribution in [1.82, 2.24) is 4.90 Å². The third-order valence-electron chi connectivity index (χ3n) is 10.1. The number of benzene rings is 1. The zero-order chi connectivity index (χ0) is 28.6. The lowest BCUT2D eigenvalue weighted by Crippen LogP contribution is -2.71. The van der Waals surface area contributed by atoms with Gasteiger partial charge in [0.1, 0.15) is 34.1 Å². The smallest absolute Gasteiger partial charge is 0.218 e. The number of ketones is 1. The standard InChI is InChI=1S/C32H42N2O6/c1-17(2)8-9-19-22(35)14-23(36)25-28(38)30(33)32(40-29(19)25)21-16-39-31(32,11-10-18(3)4)26-24(27(26)37)20(21)15-34-12-6-5-7-13-34/h8,10,14,20-21,24,26-27,33,35-37H,5-7,9,11-13,15-16H2,1-4H3. The Morgan fingerprint density at radius 1 is 1.10 bits per heavy atom. The molecule has 8 nitrogen and oxygen atoms in total. The summed E-state index contributed by atoms with van der Waals surface area (Å²) in [6, 6.07) is 1.17. The van der Waals surface area contributed by atoms with E-state index in [1.54, 1.807) is 0 Å². The molecule has 216 valence electrons. The molecular formula is C32H42N2O6. The van der Waals surface area contributed by atoms with Crippen molar-refractivity contribution < 1.29 is 29.6 Å². The molecule has 1 aromatic carbocycles. The van der Waals surface area contributed by atoms with Gasteiger partial charge < -0.3 is 29.7 Å². The number of nitrogens with zero attached hydrogens (tertiary/aromatic N) is 1. The number of phenolic OH excluding ortho intramolecular Hbond substituents is 2. The maximum atomic E-state index is 14.1. The number of phenols is 2. The number of carbonyl (C=O) groups excluding carboxylic acids is 1. The predicted octanol–water partition coefficient (Wildman–Crippen LogP) is 4.40. The van der Waals surface area contributed by atoms with Gasteiger partial charge in [-0.15, -0.1) is 0 Å². The molecule has 0 amide bonds. The van der Waals surface area contributed by atoms with E-state index in [4.69, 9.17) is 9.47 Å². The van der Waals surface area contributed by atoms with Gasteiger partial charge in [-0.3, -0.25) is 10.2 Å². The molecular weight excluding hydrogens is 508 g/mol. The quantitative estimate of drug-likeness (QED) is 0.387. The molecule has 4 fully saturated rings. The number of Topliss-reactive ketones (excluding diaryl/α,β-unsaturated/α-hetero) is 1. The molecule has 5 aliphatic rings. The average molecular weight is 551 g/mol. The van der Waals surface area contributed by atoms with Gasteiger partial charge >= 0.3 is 0 Å². The summed E-state index contributed by atoms with van der Waals surface area (Å²) in [5.41, 5.74) is -0.311. The topological polar surface area (TPSA) is 123 Å². The molecule has 0 aromatic heterocycles. The van der Waals surface area contributed by atoms with Crippen LogP contribution in [0.4, 0.5) is 0 Å². The van der Waals surface area contributed by atoms with Crippen LogP contribution in [0.3, 0.4) is 0 Å². The van der Waals surface area contributed by atoms with Crippen LogP contribution >= 0.6 is 0 Å². The Morgan fingerprint density at radius 3 is 2.48 bits per heavy atom. The number of ether oxygens (including phenoxy) is 2. The normalized spacial score (nSPS) is 36.1. The monoisotopic (exact) mass is 550 g/mol. The van der Waals surface area contributed by atoms with Gasteiger partial charge in [0.2, 0.25) is 5.78 Å². The van der Waals surface area contributed by atoms with Crippen LogP contribution in [0.2, 0.25) is 0 Å². The molecule has 1 spiro atoms. The number of aliphatic hydroxyl groups is 1. The van der Waals surface area contributed by atoms with Crippen molar-refractivity contribution in [3.8, 4) is 17.2 Å². The molecule has 40 heavy (non-hydrogen) atoms. The lowest BCUT2D eigenvalue weighted by atomic mass is 9.58. The van der Waals surface area contributed by atoms with Crippen molar-refractivity contribution in [2.24, 2.45) is 23.7 Å². The van der Waals surface area contributed by atoms with E-state index in [1.807, 2.05) is 33.8 Å². The number of piperidine rings is 1. The van der Waals surface area contributed by atoms with Gasteiger partial charge in [-0.1, -0.05) is 29.7 Å². The zero-order valence-electron chi connectivity index (χ0n) is 24.0. The van der Waals surface area contributed by atoms with Gasteiger partial charge in [-0.05, 0) is 78.3 Å². The first-order chi connectivity index (χ1) is 19.0. The van der Waals surface area contributed by atoms with Crippen molar-refractivity contribution in [2.45, 2.75) is 77.1 Å². The predicted molar refractivity (Wildman–Crippen MR) is 151 cm³/mol. The molecule has 1 aromatic rings. The highest BCUT2D eigenvalue weighted by atomic mass is 16.6. The number of likely N-dealkylation sites (tertiary alicyclic amines) is 1. The van der Waals surface area contributed by atoms with Crippen molar-refractivity contribution in [3.63, 3.8) is 0 Å². The Labute approximate surface area is 236 Å². The molecule has 2 saturated heterocycles. The minimum Gasteiger partial charge on any atom is -0.507 e. The van der Waals surface area contributed by atoms with E-state index in [0.29, 0.717) is 25.0 Å². The van der Waals surface area contributed by atoms with Gasteiger partial charge in [0.05, 0.1) is 12.7 Å². The van der Waals surface area contributed by atoms with E-state index in [2.05, 4.69) is 11.0 Å². The minimum atomic E-state index is -1.44. The molecule has 7 unspecified atom stereocenters. The first-order valence-electron chi connectivity index (χ1n) is 14.7. The number of hydrogen-bond donors (Lipinski definition) is 4. The van der Waals surface area contributed by atoms with Crippen LogP contribution < -0.4 is 4.74 Å². The third kappa shape index (κ3) is 3.82. The number of nitrogens with one attached hydrogen (secondary N) is 1. The molecule has 3 aliphatic heterocycles. The second kappa shape index (κ2) is 9.71. The van der Waals surface area contributed by atoms with E-state index >= 15 is 0 Å². The fourth-order valence-electron chi connectivity index (χ4n) is 8.20. The van der Waals surface area contributed by atoms with Gasteiger partial charge in [0.25, 0.3) is 0 Å². The Balaban J connectivity index is 1.53. The molecule has 0 radical (unpaired) electrons. The van der Waals surface area contributed by atoms with E-state index in [1.165, 1.54) is 12.5 Å². The number of allylic oxidation sites excluding steroid dienone is 3. The molecule has 4 N–H and O–H groups in total. The van der Waals surface area contributed by atoms with Gasteiger partial charge in [-0.2, -0.15) is 0 Å².